The molecule has 5 nitrogen and oxygen atoms in total. The van der Waals surface area contributed by atoms with Gasteiger partial charge in [-0.05, 0) is 26.0 Å². The number of hydrogen-bond acceptors (Lipinski definition) is 5. The number of furan rings is 1. The number of aryl methyl sites for hydroxylation is 1. The van der Waals surface area contributed by atoms with Crippen LogP contribution >= 0.6 is 0 Å². The van der Waals surface area contributed by atoms with Gasteiger partial charge in [-0.25, -0.2) is 9.97 Å². The van der Waals surface area contributed by atoms with Gasteiger partial charge in [0.25, 0.3) is 0 Å². The molecule has 0 aliphatic rings. The molecule has 0 atom stereocenters. The molecular weight excluding hydrogens is 218 g/mol. The summed E-state index contributed by atoms with van der Waals surface area (Å²) in [5, 5.41) is 2.83. The fourth-order valence-corrected chi connectivity index (χ4v) is 1.34. The molecule has 0 radical (unpaired) electrons. The van der Waals surface area contributed by atoms with Crippen LogP contribution in [0.5, 0.6) is 0 Å². The lowest BCUT2D eigenvalue weighted by Crippen LogP contribution is -2.11. The molecule has 2 heterocycles. The van der Waals surface area contributed by atoms with Gasteiger partial charge in [-0.3, -0.25) is 4.79 Å². The number of carbonyl (C=O) groups excluding carboxylic acids is 1. The van der Waals surface area contributed by atoms with Crippen LogP contribution in [0.1, 0.15) is 12.7 Å². The second-order valence-electron chi connectivity index (χ2n) is 3.76. The first-order valence-corrected chi connectivity index (χ1v) is 5.27. The van der Waals surface area contributed by atoms with Gasteiger partial charge in [0.1, 0.15) is 17.3 Å². The molecule has 0 spiro atoms. The van der Waals surface area contributed by atoms with Crippen LogP contribution in [-0.2, 0) is 4.79 Å². The fraction of sp³-hybridized carbons (Fsp3) is 0.250. The molecule has 2 aromatic heterocycles. The first-order valence-electron chi connectivity index (χ1n) is 5.27. The first kappa shape index (κ1) is 11.3. The van der Waals surface area contributed by atoms with Crippen molar-refractivity contribution in [2.24, 2.45) is 0 Å². The number of nitrogens with one attached hydrogen (secondary N) is 1. The Bertz CT molecular complexity index is 517. The van der Waals surface area contributed by atoms with Gasteiger partial charge in [0.05, 0.1) is 12.1 Å². The Hall–Kier alpha value is -2.17. The Morgan fingerprint density at radius 1 is 1.35 bits per heavy atom. The van der Waals surface area contributed by atoms with Crippen molar-refractivity contribution in [2.75, 3.05) is 11.9 Å². The highest BCUT2D eigenvalue weighted by molar-refractivity contribution is 5.79. The summed E-state index contributed by atoms with van der Waals surface area (Å²) in [5.41, 5.74) is 0.812. The van der Waals surface area contributed by atoms with E-state index in [2.05, 4.69) is 15.3 Å². The van der Waals surface area contributed by atoms with Crippen LogP contribution in [0.2, 0.25) is 0 Å². The normalized spacial score (nSPS) is 10.2. The zero-order valence-corrected chi connectivity index (χ0v) is 9.73. The predicted molar refractivity (Wildman–Crippen MR) is 63.6 cm³/mol. The standard InChI is InChI=1S/C12H13N3O2/c1-8(16)5-13-12-14-6-10(7-15-12)11-4-3-9(2)17-11/h3-4,6-7H,5H2,1-2H3,(H,13,14,15). The number of ketones is 1. The molecule has 0 saturated carbocycles. The molecule has 0 saturated heterocycles. The van der Waals surface area contributed by atoms with Crippen molar-refractivity contribution in [1.29, 1.82) is 0 Å². The van der Waals surface area contributed by atoms with Crippen molar-refractivity contribution in [3.05, 3.63) is 30.3 Å². The third-order valence-corrected chi connectivity index (χ3v) is 2.17. The molecule has 0 aliphatic carbocycles. The van der Waals surface area contributed by atoms with Crippen LogP contribution in [0.15, 0.2) is 28.9 Å². The van der Waals surface area contributed by atoms with Crippen molar-refractivity contribution in [1.82, 2.24) is 9.97 Å². The maximum absolute atomic E-state index is 10.8. The van der Waals surface area contributed by atoms with Crippen LogP contribution in [0.25, 0.3) is 11.3 Å². The minimum absolute atomic E-state index is 0.0411. The number of rotatable bonds is 4. The summed E-state index contributed by atoms with van der Waals surface area (Å²) in [6.45, 7) is 3.62. The monoisotopic (exact) mass is 231 g/mol. The molecule has 2 rings (SSSR count). The SMILES string of the molecule is CC(=O)CNc1ncc(-c2ccc(C)o2)cn1. The molecule has 0 unspecified atom stereocenters. The molecule has 0 amide bonds. The Balaban J connectivity index is 2.10. The largest absolute Gasteiger partial charge is 0.461 e. The van der Waals surface area contributed by atoms with Gasteiger partial charge in [0.2, 0.25) is 5.95 Å². The van der Waals surface area contributed by atoms with E-state index in [1.165, 1.54) is 6.92 Å². The number of nitrogens with zero attached hydrogens (tertiary/aromatic N) is 2. The summed E-state index contributed by atoms with van der Waals surface area (Å²) < 4.78 is 5.45. The Kier molecular flexibility index (Phi) is 3.18. The second kappa shape index (κ2) is 4.78. The molecule has 17 heavy (non-hydrogen) atoms. The maximum atomic E-state index is 10.8. The van der Waals surface area contributed by atoms with Crippen LogP contribution in [0.3, 0.4) is 0 Å². The molecule has 5 heteroatoms. The molecular formula is C12H13N3O2. The molecule has 1 N–H and O–H groups in total. The van der Waals surface area contributed by atoms with Gasteiger partial charge in [0, 0.05) is 12.4 Å². The smallest absolute Gasteiger partial charge is 0.222 e. The quantitative estimate of drug-likeness (QED) is 0.872. The lowest BCUT2D eigenvalue weighted by atomic mass is 10.3. The third-order valence-electron chi connectivity index (χ3n) is 2.17. The van der Waals surface area contributed by atoms with E-state index in [0.29, 0.717) is 5.95 Å². The highest BCUT2D eigenvalue weighted by Crippen LogP contribution is 2.20. The van der Waals surface area contributed by atoms with E-state index in [0.717, 1.165) is 17.1 Å². The van der Waals surface area contributed by atoms with E-state index in [4.69, 9.17) is 4.42 Å². The fourth-order valence-electron chi connectivity index (χ4n) is 1.34. The van der Waals surface area contributed by atoms with Crippen molar-refractivity contribution in [3.63, 3.8) is 0 Å². The number of aromatic nitrogens is 2. The average molecular weight is 231 g/mol. The lowest BCUT2D eigenvalue weighted by molar-refractivity contribution is -0.115. The Morgan fingerprint density at radius 2 is 2.06 bits per heavy atom. The number of Topliss-reactive ketones (excluding diaryl/α,β-unsaturated/α-hetero) is 1. The lowest BCUT2D eigenvalue weighted by Gasteiger charge is -2.02. The van der Waals surface area contributed by atoms with Gasteiger partial charge < -0.3 is 9.73 Å². The van der Waals surface area contributed by atoms with Crippen molar-refractivity contribution < 1.29 is 9.21 Å². The van der Waals surface area contributed by atoms with Crippen molar-refractivity contribution in [2.45, 2.75) is 13.8 Å². The second-order valence-corrected chi connectivity index (χ2v) is 3.76. The number of carbonyl (C=O) groups is 1. The topological polar surface area (TPSA) is 68.0 Å². The first-order chi connectivity index (χ1) is 8.15. The van der Waals surface area contributed by atoms with Crippen molar-refractivity contribution in [3.8, 4) is 11.3 Å². The molecule has 88 valence electrons. The summed E-state index contributed by atoms with van der Waals surface area (Å²) in [6.07, 6.45) is 3.32. The minimum atomic E-state index is 0.0411. The number of hydrogen-bond donors (Lipinski definition) is 1. The van der Waals surface area contributed by atoms with Crippen LogP contribution in [0, 0.1) is 6.92 Å². The molecule has 0 aliphatic heterocycles. The highest BCUT2D eigenvalue weighted by atomic mass is 16.3. The van der Waals surface area contributed by atoms with Crippen molar-refractivity contribution >= 4 is 11.7 Å². The summed E-state index contributed by atoms with van der Waals surface area (Å²) >= 11 is 0. The molecule has 0 aromatic carbocycles. The van der Waals surface area contributed by atoms with Gasteiger partial charge in [-0.2, -0.15) is 0 Å². The highest BCUT2D eigenvalue weighted by Gasteiger charge is 2.04. The van der Waals surface area contributed by atoms with E-state index < -0.39 is 0 Å². The van der Waals surface area contributed by atoms with Gasteiger partial charge >= 0.3 is 0 Å². The number of anilines is 1. The van der Waals surface area contributed by atoms with Gasteiger partial charge in [-0.15, -0.1) is 0 Å². The summed E-state index contributed by atoms with van der Waals surface area (Å²) in [6, 6.07) is 3.76. The zero-order valence-electron chi connectivity index (χ0n) is 9.73. The zero-order chi connectivity index (χ0) is 12.3. The van der Waals surface area contributed by atoms with E-state index in [9.17, 15) is 4.79 Å². The Morgan fingerprint density at radius 3 is 2.59 bits per heavy atom. The summed E-state index contributed by atoms with van der Waals surface area (Å²) in [7, 11) is 0. The van der Waals surface area contributed by atoms with Crippen LogP contribution in [0.4, 0.5) is 5.95 Å². The van der Waals surface area contributed by atoms with E-state index in [1.54, 1.807) is 12.4 Å². The Labute approximate surface area is 98.9 Å². The maximum Gasteiger partial charge on any atom is 0.222 e. The molecule has 0 bridgehead atoms. The summed E-state index contributed by atoms with van der Waals surface area (Å²) in [5.74, 6) is 2.06. The van der Waals surface area contributed by atoms with Crippen LogP contribution < -0.4 is 5.32 Å². The average Bonchev–Trinajstić information content (AvgIpc) is 2.74. The van der Waals surface area contributed by atoms with E-state index in [1.807, 2.05) is 19.1 Å². The predicted octanol–water partition coefficient (Wildman–Crippen LogP) is 2.05. The van der Waals surface area contributed by atoms with Crippen LogP contribution in [-0.4, -0.2) is 22.3 Å². The molecule has 0 fully saturated rings. The minimum Gasteiger partial charge on any atom is -0.461 e. The van der Waals surface area contributed by atoms with Gasteiger partial charge in [0.15, 0.2) is 0 Å². The summed E-state index contributed by atoms with van der Waals surface area (Å²) in [4.78, 5) is 19.0. The molecule has 2 aromatic rings. The van der Waals surface area contributed by atoms with E-state index >= 15 is 0 Å². The van der Waals surface area contributed by atoms with Gasteiger partial charge in [-0.1, -0.05) is 0 Å². The third kappa shape index (κ3) is 2.90. The van der Waals surface area contributed by atoms with E-state index in [-0.39, 0.29) is 12.3 Å².